The van der Waals surface area contributed by atoms with E-state index in [-0.39, 0.29) is 30.1 Å². The Kier molecular flexibility index (Phi) is 4.98. The van der Waals surface area contributed by atoms with E-state index in [0.29, 0.717) is 18.2 Å². The summed E-state index contributed by atoms with van der Waals surface area (Å²) in [6.07, 6.45) is 2.27. The smallest absolute Gasteiger partial charge is 0.290 e. The number of benzene rings is 1. The Bertz CT molecular complexity index is 596. The zero-order valence-corrected chi connectivity index (χ0v) is 12.3. The molecule has 1 unspecified atom stereocenters. The van der Waals surface area contributed by atoms with Gasteiger partial charge in [-0.3, -0.25) is 4.79 Å². The second-order valence-electron chi connectivity index (χ2n) is 5.10. The standard InChI is InChI=1S/C15H17N3O2.ClH/c16-9-13(11-6-7-11)17-15(19)14-8-12(18-20-14)10-4-2-1-3-5-10;/h1-5,8,11,13H,6-7,9,16H2,(H,17,19);1H. The second-order valence-corrected chi connectivity index (χ2v) is 5.10. The monoisotopic (exact) mass is 307 g/mol. The van der Waals surface area contributed by atoms with Gasteiger partial charge in [0.05, 0.1) is 0 Å². The maximum absolute atomic E-state index is 12.1. The summed E-state index contributed by atoms with van der Waals surface area (Å²) >= 11 is 0. The number of rotatable bonds is 5. The summed E-state index contributed by atoms with van der Waals surface area (Å²) in [6.45, 7) is 0.454. The summed E-state index contributed by atoms with van der Waals surface area (Å²) in [6, 6.07) is 11.3. The van der Waals surface area contributed by atoms with Gasteiger partial charge in [0.25, 0.3) is 5.91 Å². The number of aromatic nitrogens is 1. The molecule has 0 radical (unpaired) electrons. The van der Waals surface area contributed by atoms with Crippen LogP contribution in [0.3, 0.4) is 0 Å². The van der Waals surface area contributed by atoms with E-state index in [1.165, 1.54) is 0 Å². The van der Waals surface area contributed by atoms with Gasteiger partial charge in [0.1, 0.15) is 5.69 Å². The van der Waals surface area contributed by atoms with Crippen LogP contribution in [0, 0.1) is 5.92 Å². The molecular formula is C15H18ClN3O2. The summed E-state index contributed by atoms with van der Waals surface area (Å²) in [5.74, 6) is 0.491. The maximum Gasteiger partial charge on any atom is 0.290 e. The van der Waals surface area contributed by atoms with Crippen LogP contribution in [0.2, 0.25) is 0 Å². The fourth-order valence-corrected chi connectivity index (χ4v) is 2.23. The van der Waals surface area contributed by atoms with Crippen molar-refractivity contribution in [2.45, 2.75) is 18.9 Å². The van der Waals surface area contributed by atoms with Crippen LogP contribution in [-0.2, 0) is 0 Å². The largest absolute Gasteiger partial charge is 0.350 e. The number of amides is 1. The van der Waals surface area contributed by atoms with Crippen molar-refractivity contribution >= 4 is 18.3 Å². The number of halogens is 1. The average Bonchev–Trinajstić information content (AvgIpc) is 3.21. The third-order valence-electron chi connectivity index (χ3n) is 3.56. The summed E-state index contributed by atoms with van der Waals surface area (Å²) in [4.78, 5) is 12.1. The summed E-state index contributed by atoms with van der Waals surface area (Å²) in [5.41, 5.74) is 7.26. The van der Waals surface area contributed by atoms with Gasteiger partial charge < -0.3 is 15.6 Å². The van der Waals surface area contributed by atoms with E-state index in [1.807, 2.05) is 30.3 Å². The van der Waals surface area contributed by atoms with Gasteiger partial charge in [-0.2, -0.15) is 0 Å². The Labute approximate surface area is 129 Å². The van der Waals surface area contributed by atoms with Crippen LogP contribution in [0.15, 0.2) is 40.9 Å². The molecule has 0 saturated heterocycles. The van der Waals surface area contributed by atoms with Crippen molar-refractivity contribution in [1.82, 2.24) is 10.5 Å². The van der Waals surface area contributed by atoms with Gasteiger partial charge in [-0.15, -0.1) is 12.4 Å². The Morgan fingerprint density at radius 2 is 2.10 bits per heavy atom. The molecule has 0 spiro atoms. The van der Waals surface area contributed by atoms with Crippen LogP contribution < -0.4 is 11.1 Å². The van der Waals surface area contributed by atoms with Gasteiger partial charge in [-0.25, -0.2) is 0 Å². The number of nitrogens with zero attached hydrogens (tertiary/aromatic N) is 1. The van der Waals surface area contributed by atoms with Crippen LogP contribution >= 0.6 is 12.4 Å². The lowest BCUT2D eigenvalue weighted by Crippen LogP contribution is -2.41. The van der Waals surface area contributed by atoms with E-state index in [9.17, 15) is 4.79 Å². The molecule has 1 aromatic carbocycles. The molecule has 1 aliphatic carbocycles. The molecule has 1 fully saturated rings. The topological polar surface area (TPSA) is 81.1 Å². The number of carbonyl (C=O) groups excluding carboxylic acids is 1. The zero-order chi connectivity index (χ0) is 13.9. The molecule has 0 aliphatic heterocycles. The fraction of sp³-hybridized carbons (Fsp3) is 0.333. The molecule has 3 rings (SSSR count). The van der Waals surface area contributed by atoms with Gasteiger partial charge >= 0.3 is 0 Å². The normalized spacial score (nSPS) is 15.1. The summed E-state index contributed by atoms with van der Waals surface area (Å²) < 4.78 is 5.12. The molecule has 112 valence electrons. The molecule has 21 heavy (non-hydrogen) atoms. The van der Waals surface area contributed by atoms with Crippen molar-refractivity contribution in [3.63, 3.8) is 0 Å². The highest BCUT2D eigenvalue weighted by Gasteiger charge is 2.32. The first-order valence-electron chi connectivity index (χ1n) is 6.81. The van der Waals surface area contributed by atoms with Crippen LogP contribution in [-0.4, -0.2) is 23.7 Å². The molecule has 2 aromatic rings. The van der Waals surface area contributed by atoms with Crippen LogP contribution in [0.4, 0.5) is 0 Å². The van der Waals surface area contributed by atoms with Crippen molar-refractivity contribution < 1.29 is 9.32 Å². The fourth-order valence-electron chi connectivity index (χ4n) is 2.23. The van der Waals surface area contributed by atoms with Crippen LogP contribution in [0.25, 0.3) is 11.3 Å². The number of nitrogens with two attached hydrogens (primary N) is 1. The quantitative estimate of drug-likeness (QED) is 0.887. The maximum atomic E-state index is 12.1. The molecule has 1 aromatic heterocycles. The van der Waals surface area contributed by atoms with Crippen molar-refractivity contribution in [1.29, 1.82) is 0 Å². The van der Waals surface area contributed by atoms with Gasteiger partial charge in [0, 0.05) is 24.2 Å². The molecule has 0 bridgehead atoms. The lowest BCUT2D eigenvalue weighted by molar-refractivity contribution is 0.0896. The molecule has 3 N–H and O–H groups in total. The van der Waals surface area contributed by atoms with E-state index in [1.54, 1.807) is 6.07 Å². The lowest BCUT2D eigenvalue weighted by Gasteiger charge is -2.14. The van der Waals surface area contributed by atoms with E-state index in [2.05, 4.69) is 10.5 Å². The van der Waals surface area contributed by atoms with E-state index in [4.69, 9.17) is 10.3 Å². The molecule has 6 heteroatoms. The highest BCUT2D eigenvalue weighted by molar-refractivity contribution is 5.92. The highest BCUT2D eigenvalue weighted by Crippen LogP contribution is 2.32. The average molecular weight is 308 g/mol. The molecule has 5 nitrogen and oxygen atoms in total. The third-order valence-corrected chi connectivity index (χ3v) is 3.56. The number of nitrogens with one attached hydrogen (secondary N) is 1. The van der Waals surface area contributed by atoms with Gasteiger partial charge in [-0.05, 0) is 18.8 Å². The molecular weight excluding hydrogens is 290 g/mol. The first-order valence-corrected chi connectivity index (χ1v) is 6.81. The molecule has 1 amide bonds. The van der Waals surface area contributed by atoms with Crippen molar-refractivity contribution in [2.75, 3.05) is 6.54 Å². The number of hydrogen-bond acceptors (Lipinski definition) is 4. The van der Waals surface area contributed by atoms with Crippen molar-refractivity contribution in [3.05, 3.63) is 42.2 Å². The minimum Gasteiger partial charge on any atom is -0.350 e. The van der Waals surface area contributed by atoms with E-state index in [0.717, 1.165) is 18.4 Å². The Morgan fingerprint density at radius 3 is 2.71 bits per heavy atom. The van der Waals surface area contributed by atoms with E-state index < -0.39 is 0 Å². The minimum atomic E-state index is -0.248. The summed E-state index contributed by atoms with van der Waals surface area (Å²) in [5, 5.41) is 6.85. The van der Waals surface area contributed by atoms with Gasteiger partial charge in [0.15, 0.2) is 0 Å². The van der Waals surface area contributed by atoms with Gasteiger partial charge in [-0.1, -0.05) is 35.5 Å². The number of hydrogen-bond donors (Lipinski definition) is 2. The van der Waals surface area contributed by atoms with Crippen LogP contribution in [0.1, 0.15) is 23.4 Å². The Balaban J connectivity index is 0.00000161. The minimum absolute atomic E-state index is 0. The lowest BCUT2D eigenvalue weighted by atomic mass is 10.1. The second kappa shape index (κ2) is 6.74. The van der Waals surface area contributed by atoms with Gasteiger partial charge in [0.2, 0.25) is 5.76 Å². The molecule has 1 heterocycles. The molecule has 1 atom stereocenters. The van der Waals surface area contributed by atoms with E-state index >= 15 is 0 Å². The Morgan fingerprint density at radius 1 is 1.38 bits per heavy atom. The summed E-state index contributed by atoms with van der Waals surface area (Å²) in [7, 11) is 0. The predicted molar refractivity (Wildman–Crippen MR) is 82.2 cm³/mol. The zero-order valence-electron chi connectivity index (χ0n) is 11.5. The predicted octanol–water partition coefficient (Wildman–Crippen LogP) is 2.23. The number of carbonyl (C=O) groups is 1. The van der Waals surface area contributed by atoms with Crippen LogP contribution in [0.5, 0.6) is 0 Å². The SMILES string of the molecule is Cl.NCC(NC(=O)c1cc(-c2ccccc2)no1)C1CC1. The first kappa shape index (κ1) is 15.5. The molecule has 1 saturated carbocycles. The highest BCUT2D eigenvalue weighted by atomic mass is 35.5. The van der Waals surface area contributed by atoms with Crippen molar-refractivity contribution in [2.24, 2.45) is 11.7 Å². The Hall–Kier alpha value is -1.85. The first-order chi connectivity index (χ1) is 9.78. The van der Waals surface area contributed by atoms with Crippen molar-refractivity contribution in [3.8, 4) is 11.3 Å². The molecule has 1 aliphatic rings. The third kappa shape index (κ3) is 3.62.